The zero-order valence-corrected chi connectivity index (χ0v) is 13.2. The van der Waals surface area contributed by atoms with Crippen molar-refractivity contribution in [3.05, 3.63) is 11.1 Å². The second kappa shape index (κ2) is 7.52. The van der Waals surface area contributed by atoms with Gasteiger partial charge in [0.2, 0.25) is 0 Å². The Hall–Kier alpha value is -0.0500. The number of hydrogen-bond acceptors (Lipinski definition) is 2. The van der Waals surface area contributed by atoms with Gasteiger partial charge in [-0.1, -0.05) is 38.8 Å². The minimum Gasteiger partial charge on any atom is -0.308 e. The van der Waals surface area contributed by atoms with E-state index in [-0.39, 0.29) is 0 Å². The fourth-order valence-corrected chi connectivity index (χ4v) is 2.99. The van der Waals surface area contributed by atoms with E-state index in [0.29, 0.717) is 11.6 Å². The average Bonchev–Trinajstić information content (AvgIpc) is 2.41. The van der Waals surface area contributed by atoms with E-state index in [2.05, 4.69) is 37.9 Å². The molecule has 1 saturated heterocycles. The highest BCUT2D eigenvalue weighted by molar-refractivity contribution is 6.25. The van der Waals surface area contributed by atoms with E-state index in [1.807, 2.05) is 0 Å². The zero-order valence-electron chi connectivity index (χ0n) is 12.4. The molecule has 2 nitrogen and oxygen atoms in total. The van der Waals surface area contributed by atoms with E-state index in [9.17, 15) is 0 Å². The molecule has 18 heavy (non-hydrogen) atoms. The van der Waals surface area contributed by atoms with Crippen LogP contribution in [-0.4, -0.2) is 36.1 Å². The van der Waals surface area contributed by atoms with Gasteiger partial charge in [0.15, 0.2) is 0 Å². The third-order valence-corrected chi connectivity index (χ3v) is 4.72. The first-order chi connectivity index (χ1) is 8.60. The van der Waals surface area contributed by atoms with E-state index in [1.165, 1.54) is 31.3 Å². The lowest BCUT2D eigenvalue weighted by Crippen LogP contribution is -2.63. The summed E-state index contributed by atoms with van der Waals surface area (Å²) in [5.41, 5.74) is 3.29. The van der Waals surface area contributed by atoms with Gasteiger partial charge in [-0.2, -0.15) is 0 Å². The normalized spacial score (nSPS) is 25.4. The van der Waals surface area contributed by atoms with Crippen molar-refractivity contribution in [1.29, 1.82) is 0 Å². The van der Waals surface area contributed by atoms with Crippen molar-refractivity contribution >= 4 is 11.6 Å². The Kier molecular flexibility index (Phi) is 6.68. The summed E-state index contributed by atoms with van der Waals surface area (Å²) >= 11 is 5.83. The number of hydrogen-bond donors (Lipinski definition) is 1. The third-order valence-electron chi connectivity index (χ3n) is 4.35. The topological polar surface area (TPSA) is 15.3 Å². The minimum atomic E-state index is 0.302. The maximum absolute atomic E-state index is 5.83. The number of nitrogens with one attached hydrogen (secondary N) is 1. The molecule has 1 atom stereocenters. The van der Waals surface area contributed by atoms with Gasteiger partial charge in [-0.15, -0.1) is 0 Å². The summed E-state index contributed by atoms with van der Waals surface area (Å²) in [4.78, 5) is 2.63. The van der Waals surface area contributed by atoms with Crippen LogP contribution >= 0.6 is 11.6 Å². The summed E-state index contributed by atoms with van der Waals surface area (Å²) in [6.45, 7) is 12.2. The smallest absolute Gasteiger partial charge is 0.0304 e. The molecule has 1 aliphatic heterocycles. The van der Waals surface area contributed by atoms with Gasteiger partial charge in [0, 0.05) is 36.8 Å². The second-order valence-electron chi connectivity index (χ2n) is 5.67. The third kappa shape index (κ3) is 3.97. The predicted molar refractivity (Wildman–Crippen MR) is 81.2 cm³/mol. The molecule has 106 valence electrons. The number of piperazine rings is 1. The van der Waals surface area contributed by atoms with Crippen LogP contribution in [0.3, 0.4) is 0 Å². The molecule has 1 aliphatic rings. The lowest BCUT2D eigenvalue weighted by atomic mass is 9.87. The van der Waals surface area contributed by atoms with Gasteiger partial charge in [-0.05, 0) is 31.8 Å². The Bertz CT molecular complexity index is 272. The van der Waals surface area contributed by atoms with Crippen LogP contribution in [0.5, 0.6) is 0 Å². The molecule has 1 rings (SSSR count). The maximum Gasteiger partial charge on any atom is 0.0304 e. The molecule has 0 aromatic rings. The van der Waals surface area contributed by atoms with Gasteiger partial charge >= 0.3 is 0 Å². The quantitative estimate of drug-likeness (QED) is 0.792. The average molecular weight is 273 g/mol. The van der Waals surface area contributed by atoms with Crippen molar-refractivity contribution in [2.45, 2.75) is 65.0 Å². The summed E-state index contributed by atoms with van der Waals surface area (Å²) in [5, 5.41) is 3.79. The Morgan fingerprint density at radius 2 is 2.06 bits per heavy atom. The van der Waals surface area contributed by atoms with E-state index >= 15 is 0 Å². The van der Waals surface area contributed by atoms with E-state index in [1.54, 1.807) is 5.54 Å². The van der Waals surface area contributed by atoms with Crippen molar-refractivity contribution in [3.63, 3.8) is 0 Å². The molecule has 1 fully saturated rings. The van der Waals surface area contributed by atoms with Crippen LogP contribution in [-0.2, 0) is 0 Å². The minimum absolute atomic E-state index is 0.302. The highest BCUT2D eigenvalue weighted by Gasteiger charge is 2.36. The summed E-state index contributed by atoms with van der Waals surface area (Å²) < 4.78 is 0. The Labute approximate surface area is 118 Å². The van der Waals surface area contributed by atoms with E-state index in [4.69, 9.17) is 11.6 Å². The van der Waals surface area contributed by atoms with Gasteiger partial charge in [0.25, 0.3) is 0 Å². The monoisotopic (exact) mass is 272 g/mol. The molecule has 0 aromatic carbocycles. The van der Waals surface area contributed by atoms with Crippen LogP contribution in [0.2, 0.25) is 0 Å². The van der Waals surface area contributed by atoms with E-state index < -0.39 is 0 Å². The van der Waals surface area contributed by atoms with Crippen molar-refractivity contribution in [2.75, 3.05) is 19.6 Å². The van der Waals surface area contributed by atoms with Gasteiger partial charge < -0.3 is 5.32 Å². The Morgan fingerprint density at radius 1 is 1.39 bits per heavy atom. The molecular weight excluding hydrogens is 244 g/mol. The highest BCUT2D eigenvalue weighted by Crippen LogP contribution is 2.25. The van der Waals surface area contributed by atoms with Crippen LogP contribution in [0, 0.1) is 0 Å². The predicted octanol–water partition coefficient (Wildman–Crippen LogP) is 3.76. The summed E-state index contributed by atoms with van der Waals surface area (Å²) in [5.74, 6) is 0. The molecule has 1 unspecified atom stereocenters. The molecule has 0 amide bonds. The standard InChI is InChI=1S/C15H29ClN2/c1-5-8-14-10-17-15(6-2,7-3)12-18(14)11-13(4)9-16/h9,14,17H,5-8,10-12H2,1-4H3. The van der Waals surface area contributed by atoms with Crippen LogP contribution in [0.15, 0.2) is 11.1 Å². The van der Waals surface area contributed by atoms with Crippen molar-refractivity contribution in [1.82, 2.24) is 10.2 Å². The fourth-order valence-electron chi connectivity index (χ4n) is 2.92. The van der Waals surface area contributed by atoms with Crippen molar-refractivity contribution in [3.8, 4) is 0 Å². The fraction of sp³-hybridized carbons (Fsp3) is 0.867. The maximum atomic E-state index is 5.83. The van der Waals surface area contributed by atoms with Gasteiger partial charge in [0.1, 0.15) is 0 Å². The van der Waals surface area contributed by atoms with Gasteiger partial charge in [-0.3, -0.25) is 4.90 Å². The molecule has 0 aromatic heterocycles. The van der Waals surface area contributed by atoms with E-state index in [0.717, 1.165) is 19.6 Å². The first-order valence-corrected chi connectivity index (χ1v) is 7.79. The summed E-state index contributed by atoms with van der Waals surface area (Å²) in [6, 6.07) is 0.660. The van der Waals surface area contributed by atoms with Crippen LogP contribution in [0.25, 0.3) is 0 Å². The molecule has 0 saturated carbocycles. The van der Waals surface area contributed by atoms with Crippen molar-refractivity contribution < 1.29 is 0 Å². The van der Waals surface area contributed by atoms with Crippen molar-refractivity contribution in [2.24, 2.45) is 0 Å². The number of nitrogens with zero attached hydrogens (tertiary/aromatic N) is 1. The highest BCUT2D eigenvalue weighted by atomic mass is 35.5. The molecular formula is C15H29ClN2. The first kappa shape index (κ1) is 16.0. The summed E-state index contributed by atoms with van der Waals surface area (Å²) in [7, 11) is 0. The lowest BCUT2D eigenvalue weighted by molar-refractivity contribution is 0.0760. The SMILES string of the molecule is CCCC1CNC(CC)(CC)CN1CC(C)=CCl. The molecule has 0 aliphatic carbocycles. The van der Waals surface area contributed by atoms with Gasteiger partial charge in [0.05, 0.1) is 0 Å². The zero-order chi connectivity index (χ0) is 13.6. The van der Waals surface area contributed by atoms with Crippen LogP contribution < -0.4 is 5.32 Å². The molecule has 3 heteroatoms. The largest absolute Gasteiger partial charge is 0.308 e. The Morgan fingerprint density at radius 3 is 2.56 bits per heavy atom. The molecule has 1 N–H and O–H groups in total. The molecule has 1 heterocycles. The lowest BCUT2D eigenvalue weighted by Gasteiger charge is -2.47. The first-order valence-electron chi connectivity index (χ1n) is 7.35. The van der Waals surface area contributed by atoms with Crippen LogP contribution in [0.4, 0.5) is 0 Å². The molecule has 0 radical (unpaired) electrons. The number of rotatable bonds is 6. The molecule has 0 bridgehead atoms. The summed E-state index contributed by atoms with van der Waals surface area (Å²) in [6.07, 6.45) is 4.91. The van der Waals surface area contributed by atoms with Crippen LogP contribution in [0.1, 0.15) is 53.4 Å². The van der Waals surface area contributed by atoms with Gasteiger partial charge in [-0.25, -0.2) is 0 Å². The second-order valence-corrected chi connectivity index (χ2v) is 5.89. The number of halogens is 1. The molecule has 0 spiro atoms. The Balaban J connectivity index is 2.75.